The van der Waals surface area contributed by atoms with E-state index in [9.17, 15) is 9.59 Å². The fraction of sp³-hybridized carbons (Fsp3) is 0.455. The topological polar surface area (TPSA) is 64.1 Å². The molecule has 5 nitrogen and oxygen atoms in total. The van der Waals surface area contributed by atoms with Crippen molar-refractivity contribution in [1.82, 2.24) is 9.55 Å². The highest BCUT2D eigenvalue weighted by molar-refractivity contribution is 5.38. The molecule has 1 atom stereocenters. The summed E-state index contributed by atoms with van der Waals surface area (Å²) in [4.78, 5) is 27.8. The van der Waals surface area contributed by atoms with Gasteiger partial charge in [-0.2, -0.15) is 0 Å². The third-order valence-corrected chi connectivity index (χ3v) is 5.12. The highest BCUT2D eigenvalue weighted by atomic mass is 16.5. The van der Waals surface area contributed by atoms with Gasteiger partial charge in [0.1, 0.15) is 5.75 Å². The fourth-order valence-electron chi connectivity index (χ4n) is 3.85. The van der Waals surface area contributed by atoms with Crippen molar-refractivity contribution in [2.24, 2.45) is 0 Å². The summed E-state index contributed by atoms with van der Waals surface area (Å²) in [6.45, 7) is 9.87. The number of allylic oxidation sites excluding steroid dienone is 2. The number of aryl methyl sites for hydroxylation is 2. The van der Waals surface area contributed by atoms with Crippen molar-refractivity contribution in [3.63, 3.8) is 0 Å². The van der Waals surface area contributed by atoms with Gasteiger partial charge < -0.3 is 4.74 Å². The molecule has 1 heterocycles. The molecule has 0 saturated heterocycles. The van der Waals surface area contributed by atoms with Gasteiger partial charge in [-0.15, -0.1) is 0 Å². The number of aromatic nitrogens is 2. The quantitative estimate of drug-likeness (QED) is 0.775. The van der Waals surface area contributed by atoms with Gasteiger partial charge in [0.2, 0.25) is 5.88 Å². The van der Waals surface area contributed by atoms with Crippen LogP contribution in [0.15, 0.2) is 39.4 Å². The maximum absolute atomic E-state index is 12.8. The van der Waals surface area contributed by atoms with Gasteiger partial charge in [-0.25, -0.2) is 4.79 Å². The van der Waals surface area contributed by atoms with Crippen LogP contribution in [0.25, 0.3) is 0 Å². The molecule has 0 spiro atoms. The zero-order valence-corrected chi connectivity index (χ0v) is 16.8. The largest absolute Gasteiger partial charge is 0.440 e. The summed E-state index contributed by atoms with van der Waals surface area (Å²) in [6, 6.07) is 5.75. The Morgan fingerprint density at radius 1 is 1.07 bits per heavy atom. The van der Waals surface area contributed by atoms with Crippen LogP contribution in [0.1, 0.15) is 68.7 Å². The Morgan fingerprint density at radius 2 is 1.74 bits per heavy atom. The first-order valence-electron chi connectivity index (χ1n) is 9.61. The lowest BCUT2D eigenvalue weighted by Gasteiger charge is -2.23. The second-order valence-electron chi connectivity index (χ2n) is 7.78. The summed E-state index contributed by atoms with van der Waals surface area (Å²) in [5.41, 5.74) is 3.05. The Bertz CT molecular complexity index is 975. The average molecular weight is 368 g/mol. The molecule has 1 aromatic carbocycles. The van der Waals surface area contributed by atoms with Crippen LogP contribution in [-0.2, 0) is 0 Å². The van der Waals surface area contributed by atoms with Gasteiger partial charge >= 0.3 is 5.69 Å². The van der Waals surface area contributed by atoms with Crippen LogP contribution in [0.5, 0.6) is 11.6 Å². The summed E-state index contributed by atoms with van der Waals surface area (Å²) >= 11 is 0. The SMILES string of the molecule is Cc1cc(C)cc(Oc2c(C(C)C)c(=O)[nH]c(=O)n2C(C)C2=CCCC2)c1. The predicted molar refractivity (Wildman–Crippen MR) is 108 cm³/mol. The number of H-pyrrole nitrogens is 1. The fourth-order valence-corrected chi connectivity index (χ4v) is 3.85. The molecule has 1 unspecified atom stereocenters. The molecule has 0 bridgehead atoms. The molecular formula is C22H28N2O3. The van der Waals surface area contributed by atoms with E-state index in [0.717, 1.165) is 30.4 Å². The summed E-state index contributed by atoms with van der Waals surface area (Å²) in [7, 11) is 0. The number of nitrogens with one attached hydrogen (secondary N) is 1. The predicted octanol–water partition coefficient (Wildman–Crippen LogP) is 4.74. The molecule has 5 heteroatoms. The van der Waals surface area contributed by atoms with E-state index in [1.54, 1.807) is 4.57 Å². The van der Waals surface area contributed by atoms with E-state index in [-0.39, 0.29) is 17.5 Å². The lowest BCUT2D eigenvalue weighted by Crippen LogP contribution is -2.35. The van der Waals surface area contributed by atoms with Gasteiger partial charge in [0.25, 0.3) is 5.56 Å². The van der Waals surface area contributed by atoms with Crippen molar-refractivity contribution in [2.75, 3.05) is 0 Å². The van der Waals surface area contributed by atoms with Crippen molar-refractivity contribution < 1.29 is 4.74 Å². The maximum atomic E-state index is 12.8. The van der Waals surface area contributed by atoms with E-state index in [0.29, 0.717) is 17.2 Å². The molecule has 0 radical (unpaired) electrons. The Hall–Kier alpha value is -2.56. The summed E-state index contributed by atoms with van der Waals surface area (Å²) < 4.78 is 7.82. The molecule has 0 fully saturated rings. The molecule has 27 heavy (non-hydrogen) atoms. The number of rotatable bonds is 5. The molecule has 3 rings (SSSR count). The van der Waals surface area contributed by atoms with Gasteiger partial charge in [-0.05, 0) is 69.2 Å². The first-order valence-corrected chi connectivity index (χ1v) is 9.61. The van der Waals surface area contributed by atoms with Crippen molar-refractivity contribution in [3.05, 3.63) is 67.4 Å². The van der Waals surface area contributed by atoms with Gasteiger partial charge in [0, 0.05) is 0 Å². The number of hydrogen-bond acceptors (Lipinski definition) is 3. The molecular weight excluding hydrogens is 340 g/mol. The molecule has 2 aromatic rings. The number of hydrogen-bond donors (Lipinski definition) is 1. The third kappa shape index (κ3) is 3.92. The minimum absolute atomic E-state index is 0.0775. The second kappa shape index (κ2) is 7.59. The minimum Gasteiger partial charge on any atom is -0.440 e. The molecule has 1 aliphatic rings. The van der Waals surface area contributed by atoms with Crippen LogP contribution in [0.2, 0.25) is 0 Å². The van der Waals surface area contributed by atoms with Crippen LogP contribution in [0.3, 0.4) is 0 Å². The number of aromatic amines is 1. The lowest BCUT2D eigenvalue weighted by molar-refractivity contribution is 0.387. The van der Waals surface area contributed by atoms with E-state index in [1.165, 1.54) is 5.57 Å². The van der Waals surface area contributed by atoms with Crippen LogP contribution in [-0.4, -0.2) is 9.55 Å². The summed E-state index contributed by atoms with van der Waals surface area (Å²) in [5.74, 6) is 0.913. The van der Waals surface area contributed by atoms with E-state index >= 15 is 0 Å². The van der Waals surface area contributed by atoms with Crippen molar-refractivity contribution in [2.45, 2.75) is 65.8 Å². The zero-order valence-electron chi connectivity index (χ0n) is 16.8. The molecule has 144 valence electrons. The van der Waals surface area contributed by atoms with Crippen molar-refractivity contribution >= 4 is 0 Å². The summed E-state index contributed by atoms with van der Waals surface area (Å²) in [5, 5.41) is 0. The standard InChI is InChI=1S/C22H28N2O3/c1-13(2)19-20(25)23-22(26)24(16(5)17-8-6-7-9-17)21(19)27-18-11-14(3)10-15(4)12-18/h8,10-13,16H,6-7,9H2,1-5H3,(H,23,25,26). The van der Waals surface area contributed by atoms with Gasteiger partial charge in [0.15, 0.2) is 0 Å². The Morgan fingerprint density at radius 3 is 2.30 bits per heavy atom. The minimum atomic E-state index is -0.427. The van der Waals surface area contributed by atoms with E-state index in [1.807, 2.05) is 46.8 Å². The smallest absolute Gasteiger partial charge is 0.331 e. The molecule has 1 aliphatic carbocycles. The highest BCUT2D eigenvalue weighted by Gasteiger charge is 2.25. The second-order valence-corrected chi connectivity index (χ2v) is 7.78. The normalized spacial score (nSPS) is 15.1. The van der Waals surface area contributed by atoms with Crippen molar-refractivity contribution in [1.29, 1.82) is 0 Å². The Balaban J connectivity index is 2.21. The van der Waals surface area contributed by atoms with Crippen LogP contribution in [0.4, 0.5) is 0 Å². The van der Waals surface area contributed by atoms with Gasteiger partial charge in [-0.3, -0.25) is 14.3 Å². The molecule has 1 aromatic heterocycles. The van der Waals surface area contributed by atoms with Crippen LogP contribution < -0.4 is 16.0 Å². The zero-order chi connectivity index (χ0) is 19.7. The average Bonchev–Trinajstić information content (AvgIpc) is 3.07. The number of ether oxygens (including phenoxy) is 1. The highest BCUT2D eigenvalue weighted by Crippen LogP contribution is 2.34. The van der Waals surface area contributed by atoms with Crippen LogP contribution in [0, 0.1) is 13.8 Å². The van der Waals surface area contributed by atoms with Gasteiger partial charge in [0.05, 0.1) is 11.6 Å². The Kier molecular flexibility index (Phi) is 5.40. The van der Waals surface area contributed by atoms with Crippen LogP contribution >= 0.6 is 0 Å². The molecule has 0 saturated carbocycles. The Labute approximate surface area is 159 Å². The first kappa shape index (κ1) is 19.2. The van der Waals surface area contributed by atoms with Gasteiger partial charge in [-0.1, -0.05) is 31.6 Å². The van der Waals surface area contributed by atoms with Crippen molar-refractivity contribution in [3.8, 4) is 11.6 Å². The first-order chi connectivity index (χ1) is 12.8. The van der Waals surface area contributed by atoms with E-state index in [4.69, 9.17) is 4.74 Å². The lowest BCUT2D eigenvalue weighted by atomic mass is 10.0. The number of benzene rings is 1. The maximum Gasteiger partial charge on any atom is 0.331 e. The molecule has 1 N–H and O–H groups in total. The third-order valence-electron chi connectivity index (χ3n) is 5.12. The number of nitrogens with zero attached hydrogens (tertiary/aromatic N) is 1. The monoisotopic (exact) mass is 368 g/mol. The molecule has 0 aliphatic heterocycles. The van der Waals surface area contributed by atoms with E-state index < -0.39 is 5.69 Å². The van der Waals surface area contributed by atoms with E-state index in [2.05, 4.69) is 17.1 Å². The molecule has 0 amide bonds. The summed E-state index contributed by atoms with van der Waals surface area (Å²) in [6.07, 6.45) is 5.29.